The van der Waals surface area contributed by atoms with Gasteiger partial charge in [0.05, 0.1) is 6.54 Å². The maximum Gasteiger partial charge on any atom is 0.287 e. The van der Waals surface area contributed by atoms with Gasteiger partial charge in [0.25, 0.3) is 5.91 Å². The molecule has 1 aromatic rings. The van der Waals surface area contributed by atoms with Gasteiger partial charge in [-0.15, -0.1) is 0 Å². The fraction of sp³-hybridized carbons (Fsp3) is 0.400. The van der Waals surface area contributed by atoms with E-state index >= 15 is 0 Å². The number of aryl methyl sites for hydroxylation is 1. The van der Waals surface area contributed by atoms with E-state index in [4.69, 9.17) is 4.74 Å². The Hall–Kier alpha value is -3.15. The van der Waals surface area contributed by atoms with E-state index < -0.39 is 5.91 Å². The number of likely N-dealkylation sites (N-methyl/N-ethyl adjacent to an activating group) is 1. The molecule has 0 aliphatic heterocycles. The Morgan fingerprint density at radius 1 is 1.26 bits per heavy atom. The van der Waals surface area contributed by atoms with Gasteiger partial charge in [0.15, 0.2) is 5.76 Å². The fourth-order valence-corrected chi connectivity index (χ4v) is 3.07. The molecule has 0 fully saturated rings. The van der Waals surface area contributed by atoms with E-state index in [9.17, 15) is 14.4 Å². The summed E-state index contributed by atoms with van der Waals surface area (Å²) in [7, 11) is 1.71. The lowest BCUT2D eigenvalue weighted by molar-refractivity contribution is -0.131. The smallest absolute Gasteiger partial charge is 0.287 e. The molecule has 0 bridgehead atoms. The minimum atomic E-state index is -0.623. The molecule has 1 atom stereocenters. The van der Waals surface area contributed by atoms with Gasteiger partial charge in [-0.05, 0) is 44.2 Å². The molecule has 168 valence electrons. The highest BCUT2D eigenvalue weighted by Gasteiger charge is 2.17. The lowest BCUT2D eigenvalue weighted by Gasteiger charge is -2.22. The van der Waals surface area contributed by atoms with Crippen LogP contribution in [0.15, 0.2) is 60.4 Å². The van der Waals surface area contributed by atoms with Crippen LogP contribution in [0.5, 0.6) is 5.75 Å². The lowest BCUT2D eigenvalue weighted by atomic mass is 9.91. The van der Waals surface area contributed by atoms with Crippen LogP contribution in [0, 0.1) is 12.8 Å². The molecule has 0 aromatic heterocycles. The number of ether oxygens (including phenoxy) is 1. The summed E-state index contributed by atoms with van der Waals surface area (Å²) in [5.41, 5.74) is 1.89. The minimum absolute atomic E-state index is 0.162. The van der Waals surface area contributed by atoms with E-state index in [2.05, 4.69) is 18.8 Å². The summed E-state index contributed by atoms with van der Waals surface area (Å²) in [4.78, 5) is 37.4. The molecule has 1 aromatic carbocycles. The van der Waals surface area contributed by atoms with E-state index in [1.165, 1.54) is 0 Å². The molecule has 0 heterocycles. The molecule has 31 heavy (non-hydrogen) atoms. The monoisotopic (exact) mass is 426 g/mol. The number of benzene rings is 1. The van der Waals surface area contributed by atoms with Gasteiger partial charge in [-0.3, -0.25) is 14.4 Å². The highest BCUT2D eigenvalue weighted by atomic mass is 16.5. The van der Waals surface area contributed by atoms with E-state index in [0.717, 1.165) is 36.5 Å². The first kappa shape index (κ1) is 25.9. The molecule has 1 rings (SSSR count). The lowest BCUT2D eigenvalue weighted by Crippen LogP contribution is -2.40. The number of para-hydroxylation sites is 1. The van der Waals surface area contributed by atoms with Gasteiger partial charge in [0.1, 0.15) is 12.0 Å². The number of carbonyl (C=O) groups excluding carboxylic acids is 3. The van der Waals surface area contributed by atoms with Crippen molar-refractivity contribution in [1.82, 2.24) is 10.2 Å². The van der Waals surface area contributed by atoms with Gasteiger partial charge >= 0.3 is 0 Å². The Morgan fingerprint density at radius 3 is 2.58 bits per heavy atom. The topological polar surface area (TPSA) is 75.7 Å². The first-order valence-electron chi connectivity index (χ1n) is 10.6. The second-order valence-electron chi connectivity index (χ2n) is 7.38. The summed E-state index contributed by atoms with van der Waals surface area (Å²) in [6, 6.07) is 7.16. The molecular formula is C25H34N2O4. The average Bonchev–Trinajstić information content (AvgIpc) is 2.75. The van der Waals surface area contributed by atoms with Gasteiger partial charge in [-0.1, -0.05) is 55.8 Å². The van der Waals surface area contributed by atoms with Crippen molar-refractivity contribution in [1.29, 1.82) is 0 Å². The number of hydrogen-bond acceptors (Lipinski definition) is 4. The van der Waals surface area contributed by atoms with Gasteiger partial charge in [0.2, 0.25) is 5.91 Å². The molecule has 0 aliphatic rings. The average molecular weight is 427 g/mol. The molecule has 0 aliphatic carbocycles. The van der Waals surface area contributed by atoms with Crippen molar-refractivity contribution in [2.45, 2.75) is 40.0 Å². The highest BCUT2D eigenvalue weighted by Crippen LogP contribution is 2.21. The zero-order chi connectivity index (χ0) is 23.2. The zero-order valence-corrected chi connectivity index (χ0v) is 19.0. The van der Waals surface area contributed by atoms with Crippen LogP contribution in [0.25, 0.3) is 0 Å². The molecular weight excluding hydrogens is 392 g/mol. The second-order valence-corrected chi connectivity index (χ2v) is 7.38. The minimum Gasteiger partial charge on any atom is -0.451 e. The molecule has 0 saturated heterocycles. The first-order valence-corrected chi connectivity index (χ1v) is 10.6. The third kappa shape index (κ3) is 9.03. The molecule has 6 heteroatoms. The highest BCUT2D eigenvalue weighted by molar-refractivity contribution is 5.97. The zero-order valence-electron chi connectivity index (χ0n) is 19.0. The van der Waals surface area contributed by atoms with Gasteiger partial charge in [0, 0.05) is 19.7 Å². The van der Waals surface area contributed by atoms with Crippen molar-refractivity contribution in [3.63, 3.8) is 0 Å². The third-order valence-corrected chi connectivity index (χ3v) is 4.94. The summed E-state index contributed by atoms with van der Waals surface area (Å²) in [5, 5.41) is 2.53. The number of rotatable bonds is 13. The number of allylic oxidation sites excluding steroid dienone is 4. The third-order valence-electron chi connectivity index (χ3n) is 4.94. The molecule has 0 saturated carbocycles. The summed E-state index contributed by atoms with van der Waals surface area (Å²) >= 11 is 0. The standard InChI is InChI=1S/C25H34N2O4/c1-6-10-19(3)21(11-7-2)14-16-27(5)24(29)18-26-25(30)23(15-17-28)31-22-13-9-8-12-20(22)4/h6,8-10,12-13,15,17,21H,3,7,11,14,16,18H2,1-2,4-5H3,(H,26,30)/b10-6-,23-15-. The molecule has 1 unspecified atom stereocenters. The molecule has 1 N–H and O–H groups in total. The van der Waals surface area contributed by atoms with Gasteiger partial charge in [-0.2, -0.15) is 0 Å². The molecule has 0 radical (unpaired) electrons. The van der Waals surface area contributed by atoms with Crippen LogP contribution in [-0.2, 0) is 14.4 Å². The van der Waals surface area contributed by atoms with Crippen molar-refractivity contribution < 1.29 is 19.1 Å². The summed E-state index contributed by atoms with van der Waals surface area (Å²) in [5.74, 6) is -0.220. The maximum absolute atomic E-state index is 12.5. The van der Waals surface area contributed by atoms with Crippen LogP contribution >= 0.6 is 0 Å². The predicted octanol–water partition coefficient (Wildman–Crippen LogP) is 3.97. The number of aldehydes is 1. The van der Waals surface area contributed by atoms with Crippen LogP contribution in [0.3, 0.4) is 0 Å². The SMILES string of the molecule is C=C(/C=C\C)C(CCC)CCN(C)C(=O)CNC(=O)/C(=C/C=O)Oc1ccccc1C. The van der Waals surface area contributed by atoms with Crippen LogP contribution in [0.4, 0.5) is 0 Å². The van der Waals surface area contributed by atoms with Crippen LogP contribution in [-0.4, -0.2) is 43.1 Å². The largest absolute Gasteiger partial charge is 0.451 e. The Balaban J connectivity index is 2.62. The molecule has 2 amide bonds. The van der Waals surface area contributed by atoms with Crippen LogP contribution in [0.1, 0.15) is 38.7 Å². The Labute approximate surface area is 185 Å². The second kappa shape index (κ2) is 14.0. The number of hydrogen-bond donors (Lipinski definition) is 1. The summed E-state index contributed by atoms with van der Waals surface area (Å²) in [6.07, 6.45) is 8.36. The number of nitrogens with zero attached hydrogens (tertiary/aromatic N) is 1. The molecule has 6 nitrogen and oxygen atoms in total. The van der Waals surface area contributed by atoms with Crippen molar-refractivity contribution in [2.75, 3.05) is 20.1 Å². The normalized spacial score (nSPS) is 12.3. The quantitative estimate of drug-likeness (QED) is 0.224. The van der Waals surface area contributed by atoms with Crippen LogP contribution < -0.4 is 10.1 Å². The van der Waals surface area contributed by atoms with E-state index in [1.54, 1.807) is 24.1 Å². The summed E-state index contributed by atoms with van der Waals surface area (Å²) in [6.45, 7) is 10.4. The maximum atomic E-state index is 12.5. The predicted molar refractivity (Wildman–Crippen MR) is 124 cm³/mol. The Bertz CT molecular complexity index is 827. The van der Waals surface area contributed by atoms with Gasteiger partial charge in [-0.25, -0.2) is 0 Å². The van der Waals surface area contributed by atoms with Crippen LogP contribution in [0.2, 0.25) is 0 Å². The van der Waals surface area contributed by atoms with Crippen molar-refractivity contribution >= 4 is 18.1 Å². The van der Waals surface area contributed by atoms with Crippen molar-refractivity contribution in [2.24, 2.45) is 5.92 Å². The first-order chi connectivity index (χ1) is 14.8. The van der Waals surface area contributed by atoms with E-state index in [-0.39, 0.29) is 18.2 Å². The van der Waals surface area contributed by atoms with Gasteiger partial charge < -0.3 is 15.0 Å². The molecule has 0 spiro atoms. The Morgan fingerprint density at radius 2 is 1.97 bits per heavy atom. The van der Waals surface area contributed by atoms with E-state index in [1.807, 2.05) is 38.1 Å². The summed E-state index contributed by atoms with van der Waals surface area (Å²) < 4.78 is 5.57. The number of amides is 2. The number of carbonyl (C=O) groups is 3. The Kier molecular flexibility index (Phi) is 11.7. The number of nitrogens with one attached hydrogen (secondary N) is 1. The van der Waals surface area contributed by atoms with E-state index in [0.29, 0.717) is 24.5 Å². The fourth-order valence-electron chi connectivity index (χ4n) is 3.07. The van der Waals surface area contributed by atoms with Crippen molar-refractivity contribution in [3.8, 4) is 5.75 Å². The van der Waals surface area contributed by atoms with Crippen molar-refractivity contribution in [3.05, 3.63) is 66.0 Å².